The van der Waals surface area contributed by atoms with Crippen LogP contribution in [-0.4, -0.2) is 4.98 Å². The van der Waals surface area contributed by atoms with Gasteiger partial charge in [0.25, 0.3) is 0 Å². The number of nitrogen functional groups attached to an aromatic ring is 1. The molecule has 0 spiro atoms. The smallest absolute Gasteiger partial charge is 0.229 e. The Morgan fingerprint density at radius 2 is 2.21 bits per heavy atom. The summed E-state index contributed by atoms with van der Waals surface area (Å²) in [4.78, 5) is 4.04. The number of oxazole rings is 1. The molecule has 4 nitrogen and oxygen atoms in total. The summed E-state index contributed by atoms with van der Waals surface area (Å²) in [6, 6.07) is 1.91. The number of nitrogens with two attached hydrogens (primary N) is 1. The van der Waals surface area contributed by atoms with Crippen molar-refractivity contribution in [1.82, 2.24) is 4.98 Å². The highest BCUT2D eigenvalue weighted by molar-refractivity contribution is 5.40. The highest BCUT2D eigenvalue weighted by Gasteiger charge is 2.19. The van der Waals surface area contributed by atoms with E-state index < -0.39 is 0 Å². The molecule has 1 aromatic rings. The molecule has 0 aliphatic heterocycles. The van der Waals surface area contributed by atoms with Crippen LogP contribution in [0, 0.1) is 17.2 Å². The highest BCUT2D eigenvalue weighted by Crippen LogP contribution is 2.28. The molecule has 4 heteroatoms. The van der Waals surface area contributed by atoms with Crippen LogP contribution in [0.2, 0.25) is 0 Å². The van der Waals surface area contributed by atoms with E-state index in [1.807, 2.05) is 6.07 Å². The molecule has 2 N–H and O–H groups in total. The largest absolute Gasteiger partial charge is 0.424 e. The molecule has 1 aromatic heterocycles. The summed E-state index contributed by atoms with van der Waals surface area (Å²) in [7, 11) is 0. The molecule has 0 bridgehead atoms. The lowest BCUT2D eigenvalue weighted by Crippen LogP contribution is -1.98. The summed E-state index contributed by atoms with van der Waals surface area (Å²) < 4.78 is 5.21. The highest BCUT2D eigenvalue weighted by atomic mass is 16.4. The molecule has 1 aliphatic rings. The molecule has 14 heavy (non-hydrogen) atoms. The first kappa shape index (κ1) is 9.07. The topological polar surface area (TPSA) is 75.8 Å². The van der Waals surface area contributed by atoms with E-state index >= 15 is 0 Å². The monoisotopic (exact) mass is 191 g/mol. The first-order valence-corrected chi connectivity index (χ1v) is 4.95. The van der Waals surface area contributed by atoms with E-state index in [2.05, 4.69) is 4.98 Å². The van der Waals surface area contributed by atoms with Gasteiger partial charge in [0.15, 0.2) is 5.89 Å². The molecule has 1 heterocycles. The fraction of sp³-hybridized carbons (Fsp3) is 0.600. The van der Waals surface area contributed by atoms with Crippen molar-refractivity contribution in [2.24, 2.45) is 5.92 Å². The van der Waals surface area contributed by atoms with Crippen LogP contribution in [0.3, 0.4) is 0 Å². The van der Waals surface area contributed by atoms with Gasteiger partial charge in [-0.05, 0) is 18.8 Å². The number of anilines is 1. The molecule has 0 atom stereocenters. The molecular formula is C10H13N3O. The molecular weight excluding hydrogens is 178 g/mol. The molecule has 0 aromatic carbocycles. The number of nitrogens with zero attached hydrogens (tertiary/aromatic N) is 2. The summed E-state index contributed by atoms with van der Waals surface area (Å²) in [6.45, 7) is 0. The third kappa shape index (κ3) is 1.72. The molecule has 1 saturated carbocycles. The van der Waals surface area contributed by atoms with Gasteiger partial charge in [-0.15, -0.1) is 0 Å². The van der Waals surface area contributed by atoms with Gasteiger partial charge in [0, 0.05) is 6.42 Å². The number of hydrogen-bond acceptors (Lipinski definition) is 4. The van der Waals surface area contributed by atoms with Crippen LogP contribution in [0.25, 0.3) is 0 Å². The van der Waals surface area contributed by atoms with E-state index in [1.54, 1.807) is 0 Å². The van der Waals surface area contributed by atoms with Gasteiger partial charge in [0.2, 0.25) is 11.6 Å². The number of rotatable bonds is 2. The lowest BCUT2D eigenvalue weighted by molar-refractivity contribution is 0.440. The summed E-state index contributed by atoms with van der Waals surface area (Å²) in [6.07, 6.45) is 5.90. The van der Waals surface area contributed by atoms with Gasteiger partial charge in [-0.3, -0.25) is 0 Å². The maximum absolute atomic E-state index is 8.64. The summed E-state index contributed by atoms with van der Waals surface area (Å²) >= 11 is 0. The average Bonchev–Trinajstić information content (AvgIpc) is 2.76. The van der Waals surface area contributed by atoms with E-state index in [9.17, 15) is 0 Å². The van der Waals surface area contributed by atoms with Crippen LogP contribution in [-0.2, 0) is 6.42 Å². The zero-order chi connectivity index (χ0) is 9.97. The lowest BCUT2D eigenvalue weighted by Gasteiger charge is -2.03. The fourth-order valence-electron chi connectivity index (χ4n) is 2.01. The standard InChI is InChI=1S/C10H13N3O/c11-6-8-10(12)14-9(13-8)5-7-3-1-2-4-7/h7H,1-5,12H2. The number of nitriles is 1. The van der Waals surface area contributed by atoms with Crippen LogP contribution < -0.4 is 5.73 Å². The minimum Gasteiger partial charge on any atom is -0.424 e. The minimum atomic E-state index is 0.153. The Kier molecular flexibility index (Phi) is 2.40. The Bertz CT molecular complexity index is 358. The Morgan fingerprint density at radius 1 is 1.50 bits per heavy atom. The SMILES string of the molecule is N#Cc1nc(CC2CCCC2)oc1N. The Balaban J connectivity index is 2.06. The van der Waals surface area contributed by atoms with Crippen molar-refractivity contribution in [3.8, 4) is 6.07 Å². The average molecular weight is 191 g/mol. The zero-order valence-electron chi connectivity index (χ0n) is 7.99. The predicted octanol–water partition coefficient (Wildman–Crippen LogP) is 1.86. The van der Waals surface area contributed by atoms with Crippen molar-refractivity contribution >= 4 is 5.88 Å². The molecule has 0 amide bonds. The van der Waals surface area contributed by atoms with E-state index in [0.29, 0.717) is 11.8 Å². The van der Waals surface area contributed by atoms with Gasteiger partial charge < -0.3 is 10.2 Å². The second-order valence-electron chi connectivity index (χ2n) is 3.79. The van der Waals surface area contributed by atoms with Crippen molar-refractivity contribution in [3.05, 3.63) is 11.6 Å². The second kappa shape index (κ2) is 3.70. The lowest BCUT2D eigenvalue weighted by atomic mass is 10.0. The fourth-order valence-corrected chi connectivity index (χ4v) is 2.01. The van der Waals surface area contributed by atoms with Crippen LogP contribution in [0.4, 0.5) is 5.88 Å². The molecule has 0 radical (unpaired) electrons. The van der Waals surface area contributed by atoms with Crippen LogP contribution in [0.1, 0.15) is 37.3 Å². The summed E-state index contributed by atoms with van der Waals surface area (Å²) in [5.74, 6) is 1.44. The third-order valence-electron chi connectivity index (χ3n) is 2.74. The van der Waals surface area contributed by atoms with Crippen molar-refractivity contribution in [1.29, 1.82) is 5.26 Å². The molecule has 1 aliphatic carbocycles. The van der Waals surface area contributed by atoms with Crippen molar-refractivity contribution in [2.45, 2.75) is 32.1 Å². The van der Waals surface area contributed by atoms with E-state index in [4.69, 9.17) is 15.4 Å². The number of aromatic nitrogens is 1. The first-order valence-electron chi connectivity index (χ1n) is 4.95. The Morgan fingerprint density at radius 3 is 2.79 bits per heavy atom. The van der Waals surface area contributed by atoms with E-state index in [-0.39, 0.29) is 11.6 Å². The summed E-state index contributed by atoms with van der Waals surface area (Å²) in [5, 5.41) is 8.64. The quantitative estimate of drug-likeness (QED) is 0.774. The molecule has 74 valence electrons. The second-order valence-corrected chi connectivity index (χ2v) is 3.79. The van der Waals surface area contributed by atoms with Crippen molar-refractivity contribution in [3.63, 3.8) is 0 Å². The van der Waals surface area contributed by atoms with Gasteiger partial charge in [0.05, 0.1) is 0 Å². The number of hydrogen-bond donors (Lipinski definition) is 1. The third-order valence-corrected chi connectivity index (χ3v) is 2.74. The Hall–Kier alpha value is -1.50. The molecule has 0 saturated heterocycles. The molecule has 0 unspecified atom stereocenters. The van der Waals surface area contributed by atoms with Gasteiger partial charge in [-0.25, -0.2) is 4.98 Å². The maximum atomic E-state index is 8.64. The van der Waals surface area contributed by atoms with Crippen molar-refractivity contribution in [2.75, 3.05) is 5.73 Å². The van der Waals surface area contributed by atoms with E-state index in [1.165, 1.54) is 25.7 Å². The van der Waals surface area contributed by atoms with Gasteiger partial charge in [-0.1, -0.05) is 12.8 Å². The maximum Gasteiger partial charge on any atom is 0.229 e. The summed E-state index contributed by atoms with van der Waals surface area (Å²) in [5.41, 5.74) is 5.69. The molecule has 2 rings (SSSR count). The van der Waals surface area contributed by atoms with Gasteiger partial charge >= 0.3 is 0 Å². The van der Waals surface area contributed by atoms with Gasteiger partial charge in [-0.2, -0.15) is 5.26 Å². The Labute approximate surface area is 82.7 Å². The van der Waals surface area contributed by atoms with E-state index in [0.717, 1.165) is 6.42 Å². The van der Waals surface area contributed by atoms with Crippen LogP contribution in [0.5, 0.6) is 0 Å². The first-order chi connectivity index (χ1) is 6.79. The zero-order valence-corrected chi connectivity index (χ0v) is 7.99. The normalized spacial score (nSPS) is 17.1. The predicted molar refractivity (Wildman–Crippen MR) is 51.3 cm³/mol. The van der Waals surface area contributed by atoms with Crippen LogP contribution >= 0.6 is 0 Å². The van der Waals surface area contributed by atoms with Crippen molar-refractivity contribution < 1.29 is 4.42 Å². The van der Waals surface area contributed by atoms with Crippen LogP contribution in [0.15, 0.2) is 4.42 Å². The van der Waals surface area contributed by atoms with Gasteiger partial charge in [0.1, 0.15) is 6.07 Å². The molecule has 1 fully saturated rings. The minimum absolute atomic E-state index is 0.153.